The number of nitrogens with one attached hydrogen (secondary N) is 1. The maximum absolute atomic E-state index is 12.1. The number of nitrogens with zero attached hydrogens (tertiary/aromatic N) is 1. The maximum atomic E-state index is 12.1. The van der Waals surface area contributed by atoms with Crippen molar-refractivity contribution < 1.29 is 4.79 Å². The van der Waals surface area contributed by atoms with Crippen molar-refractivity contribution in [2.45, 2.75) is 38.3 Å². The Morgan fingerprint density at radius 3 is 2.83 bits per heavy atom. The summed E-state index contributed by atoms with van der Waals surface area (Å²) in [5, 5.41) is 2.92. The van der Waals surface area contributed by atoms with Gasteiger partial charge in [-0.15, -0.1) is 0 Å². The summed E-state index contributed by atoms with van der Waals surface area (Å²) in [6, 6.07) is 8.03. The molecule has 0 radical (unpaired) electrons. The van der Waals surface area contributed by atoms with Crippen molar-refractivity contribution >= 4 is 11.7 Å². The van der Waals surface area contributed by atoms with E-state index in [2.05, 4.69) is 5.32 Å². The fourth-order valence-electron chi connectivity index (χ4n) is 2.45. The molecule has 18 heavy (non-hydrogen) atoms. The van der Waals surface area contributed by atoms with Crippen LogP contribution in [0.1, 0.15) is 31.2 Å². The first-order valence-corrected chi connectivity index (χ1v) is 6.53. The van der Waals surface area contributed by atoms with Crippen molar-refractivity contribution in [2.75, 3.05) is 12.4 Å². The molecule has 1 aliphatic rings. The van der Waals surface area contributed by atoms with E-state index >= 15 is 0 Å². The first-order valence-electron chi connectivity index (χ1n) is 6.53. The molecule has 4 nitrogen and oxygen atoms in total. The summed E-state index contributed by atoms with van der Waals surface area (Å²) < 4.78 is 0. The van der Waals surface area contributed by atoms with Crippen LogP contribution in [-0.2, 0) is 6.54 Å². The third-order valence-corrected chi connectivity index (χ3v) is 3.61. The van der Waals surface area contributed by atoms with Gasteiger partial charge in [0.1, 0.15) is 0 Å². The molecule has 1 aromatic rings. The lowest BCUT2D eigenvalue weighted by Gasteiger charge is -2.24. The van der Waals surface area contributed by atoms with E-state index in [-0.39, 0.29) is 6.03 Å². The Morgan fingerprint density at radius 1 is 1.44 bits per heavy atom. The molecule has 2 amide bonds. The zero-order chi connectivity index (χ0) is 13.0. The van der Waals surface area contributed by atoms with E-state index in [1.807, 2.05) is 36.2 Å². The number of carbonyl (C=O) groups is 1. The summed E-state index contributed by atoms with van der Waals surface area (Å²) in [4.78, 5) is 13.9. The van der Waals surface area contributed by atoms with E-state index in [1.54, 1.807) is 0 Å². The molecular weight excluding hydrogens is 226 g/mol. The molecule has 4 heteroatoms. The average Bonchev–Trinajstić information content (AvgIpc) is 2.92. The summed E-state index contributed by atoms with van der Waals surface area (Å²) in [5.41, 5.74) is 7.42. The fourth-order valence-corrected chi connectivity index (χ4v) is 2.45. The Balaban J connectivity index is 1.97. The summed E-state index contributed by atoms with van der Waals surface area (Å²) in [6.07, 6.45) is 4.69. The lowest BCUT2D eigenvalue weighted by Crippen LogP contribution is -2.38. The van der Waals surface area contributed by atoms with Crippen molar-refractivity contribution in [1.29, 1.82) is 0 Å². The lowest BCUT2D eigenvalue weighted by atomic mass is 10.2. The second kappa shape index (κ2) is 5.87. The summed E-state index contributed by atoms with van der Waals surface area (Å²) in [5.74, 6) is 0. The van der Waals surface area contributed by atoms with Gasteiger partial charge in [-0.25, -0.2) is 4.79 Å². The second-order valence-corrected chi connectivity index (χ2v) is 4.88. The highest BCUT2D eigenvalue weighted by Gasteiger charge is 2.23. The van der Waals surface area contributed by atoms with Crippen LogP contribution in [0.25, 0.3) is 0 Å². The Kier molecular flexibility index (Phi) is 4.20. The summed E-state index contributed by atoms with van der Waals surface area (Å²) >= 11 is 0. The van der Waals surface area contributed by atoms with Gasteiger partial charge in [0.15, 0.2) is 0 Å². The van der Waals surface area contributed by atoms with E-state index in [4.69, 9.17) is 5.73 Å². The van der Waals surface area contributed by atoms with Gasteiger partial charge in [-0.3, -0.25) is 0 Å². The lowest BCUT2D eigenvalue weighted by molar-refractivity contribution is 0.205. The summed E-state index contributed by atoms with van der Waals surface area (Å²) in [7, 11) is 1.87. The van der Waals surface area contributed by atoms with Gasteiger partial charge in [0.25, 0.3) is 0 Å². The Labute approximate surface area is 108 Å². The highest BCUT2D eigenvalue weighted by molar-refractivity contribution is 5.89. The van der Waals surface area contributed by atoms with Gasteiger partial charge < -0.3 is 16.0 Å². The largest absolute Gasteiger partial charge is 0.326 e. The molecule has 1 fully saturated rings. The molecule has 1 saturated carbocycles. The number of amides is 2. The predicted molar refractivity (Wildman–Crippen MR) is 73.4 cm³/mol. The number of rotatable bonds is 3. The van der Waals surface area contributed by atoms with Gasteiger partial charge in [-0.2, -0.15) is 0 Å². The van der Waals surface area contributed by atoms with Gasteiger partial charge in [-0.05, 0) is 30.5 Å². The van der Waals surface area contributed by atoms with Gasteiger partial charge >= 0.3 is 6.03 Å². The van der Waals surface area contributed by atoms with Crippen LogP contribution in [0.5, 0.6) is 0 Å². The quantitative estimate of drug-likeness (QED) is 0.862. The zero-order valence-electron chi connectivity index (χ0n) is 10.9. The smallest absolute Gasteiger partial charge is 0.321 e. The molecule has 0 aliphatic heterocycles. The number of urea groups is 1. The van der Waals surface area contributed by atoms with Crippen molar-refractivity contribution in [2.24, 2.45) is 5.73 Å². The molecule has 0 atom stereocenters. The SMILES string of the molecule is CN(C(=O)Nc1cccc(CN)c1)C1CCCC1. The van der Waals surface area contributed by atoms with E-state index in [9.17, 15) is 4.79 Å². The monoisotopic (exact) mass is 247 g/mol. The standard InChI is InChI=1S/C14H21N3O/c1-17(13-7-2-3-8-13)14(18)16-12-6-4-5-11(9-12)10-15/h4-6,9,13H,2-3,7-8,10,15H2,1H3,(H,16,18). The topological polar surface area (TPSA) is 58.4 Å². The van der Waals surface area contributed by atoms with E-state index in [1.165, 1.54) is 12.8 Å². The van der Waals surface area contributed by atoms with E-state index < -0.39 is 0 Å². The number of hydrogen-bond donors (Lipinski definition) is 2. The van der Waals surface area contributed by atoms with Gasteiger partial charge in [-0.1, -0.05) is 25.0 Å². The van der Waals surface area contributed by atoms with Crippen molar-refractivity contribution in [3.05, 3.63) is 29.8 Å². The second-order valence-electron chi connectivity index (χ2n) is 4.88. The summed E-state index contributed by atoms with van der Waals surface area (Å²) in [6.45, 7) is 0.488. The third-order valence-electron chi connectivity index (χ3n) is 3.61. The number of nitrogens with two attached hydrogens (primary N) is 1. The number of carbonyl (C=O) groups excluding carboxylic acids is 1. The third kappa shape index (κ3) is 3.01. The molecule has 0 aromatic heterocycles. The van der Waals surface area contributed by atoms with Crippen molar-refractivity contribution in [1.82, 2.24) is 4.90 Å². The Morgan fingerprint density at radius 2 is 2.17 bits per heavy atom. The molecule has 1 aliphatic carbocycles. The Hall–Kier alpha value is -1.55. The number of hydrogen-bond acceptors (Lipinski definition) is 2. The molecule has 0 unspecified atom stereocenters. The minimum atomic E-state index is -0.0314. The normalized spacial score (nSPS) is 15.7. The van der Waals surface area contributed by atoms with Crippen LogP contribution in [0.2, 0.25) is 0 Å². The number of benzene rings is 1. The molecule has 3 N–H and O–H groups in total. The predicted octanol–water partition coefficient (Wildman–Crippen LogP) is 2.55. The van der Waals surface area contributed by atoms with E-state index in [0.29, 0.717) is 12.6 Å². The van der Waals surface area contributed by atoms with Crippen LogP contribution < -0.4 is 11.1 Å². The molecule has 0 heterocycles. The molecule has 1 aromatic carbocycles. The highest BCUT2D eigenvalue weighted by atomic mass is 16.2. The van der Waals surface area contributed by atoms with Crippen LogP contribution in [0, 0.1) is 0 Å². The highest BCUT2D eigenvalue weighted by Crippen LogP contribution is 2.23. The zero-order valence-corrected chi connectivity index (χ0v) is 10.9. The maximum Gasteiger partial charge on any atom is 0.321 e. The van der Waals surface area contributed by atoms with Crippen molar-refractivity contribution in [3.8, 4) is 0 Å². The molecular formula is C14H21N3O. The van der Waals surface area contributed by atoms with E-state index in [0.717, 1.165) is 24.1 Å². The minimum Gasteiger partial charge on any atom is -0.326 e. The fraction of sp³-hybridized carbons (Fsp3) is 0.500. The van der Waals surface area contributed by atoms with Crippen LogP contribution in [0.15, 0.2) is 24.3 Å². The van der Waals surface area contributed by atoms with Crippen LogP contribution >= 0.6 is 0 Å². The molecule has 0 saturated heterocycles. The van der Waals surface area contributed by atoms with Gasteiger partial charge in [0, 0.05) is 25.3 Å². The number of anilines is 1. The van der Waals surface area contributed by atoms with Crippen LogP contribution in [0.4, 0.5) is 10.5 Å². The Bertz CT molecular complexity index is 413. The van der Waals surface area contributed by atoms with Crippen LogP contribution in [-0.4, -0.2) is 24.0 Å². The minimum absolute atomic E-state index is 0.0314. The first kappa shape index (κ1) is 12.9. The van der Waals surface area contributed by atoms with Gasteiger partial charge in [0.05, 0.1) is 0 Å². The molecule has 98 valence electrons. The van der Waals surface area contributed by atoms with Crippen LogP contribution in [0.3, 0.4) is 0 Å². The molecule has 2 rings (SSSR count). The molecule has 0 bridgehead atoms. The van der Waals surface area contributed by atoms with Crippen molar-refractivity contribution in [3.63, 3.8) is 0 Å². The first-order chi connectivity index (χ1) is 8.70. The molecule has 0 spiro atoms. The average molecular weight is 247 g/mol. The van der Waals surface area contributed by atoms with Gasteiger partial charge in [0.2, 0.25) is 0 Å².